The van der Waals surface area contributed by atoms with E-state index in [0.29, 0.717) is 17.9 Å². The Morgan fingerprint density at radius 3 is 2.65 bits per heavy atom. The van der Waals surface area contributed by atoms with E-state index >= 15 is 0 Å². The molecule has 3 unspecified atom stereocenters. The molecule has 0 aromatic carbocycles. The van der Waals surface area contributed by atoms with Gasteiger partial charge in [-0.05, 0) is 37.6 Å². The van der Waals surface area contributed by atoms with E-state index in [1.807, 2.05) is 0 Å². The first-order valence-electron chi connectivity index (χ1n) is 8.82. The molecule has 0 bridgehead atoms. The number of nitrogens with zero attached hydrogens (tertiary/aromatic N) is 1. The molecule has 3 nitrogen and oxygen atoms in total. The lowest BCUT2D eigenvalue weighted by Gasteiger charge is -2.29. The minimum atomic E-state index is 0.380. The molecule has 3 fully saturated rings. The average molecular weight is 278 g/mol. The molecule has 1 aliphatic heterocycles. The van der Waals surface area contributed by atoms with Gasteiger partial charge in [0.05, 0.1) is 0 Å². The van der Waals surface area contributed by atoms with Crippen molar-refractivity contribution in [2.45, 2.75) is 64.3 Å². The number of hydrogen-bond donors (Lipinski definition) is 1. The van der Waals surface area contributed by atoms with Gasteiger partial charge in [-0.15, -0.1) is 0 Å². The second-order valence-electron chi connectivity index (χ2n) is 7.08. The van der Waals surface area contributed by atoms with E-state index < -0.39 is 0 Å². The van der Waals surface area contributed by atoms with Crippen molar-refractivity contribution in [2.24, 2.45) is 17.8 Å². The van der Waals surface area contributed by atoms with Crippen molar-refractivity contribution >= 4 is 5.91 Å². The predicted molar refractivity (Wildman–Crippen MR) is 81.5 cm³/mol. The first-order chi connectivity index (χ1) is 9.81. The van der Waals surface area contributed by atoms with Crippen molar-refractivity contribution in [1.29, 1.82) is 0 Å². The molecular formula is C17H30N2O. The second kappa shape index (κ2) is 6.46. The Hall–Kier alpha value is -0.570. The normalized spacial score (nSPS) is 34.1. The first-order valence-corrected chi connectivity index (χ1v) is 8.82. The summed E-state index contributed by atoms with van der Waals surface area (Å²) in [7, 11) is 0. The van der Waals surface area contributed by atoms with Gasteiger partial charge in [0.15, 0.2) is 0 Å². The van der Waals surface area contributed by atoms with E-state index in [4.69, 9.17) is 0 Å². The third-order valence-electron chi connectivity index (χ3n) is 5.63. The number of amides is 1. The molecule has 2 aliphatic carbocycles. The van der Waals surface area contributed by atoms with Crippen LogP contribution in [0.5, 0.6) is 0 Å². The van der Waals surface area contributed by atoms with Gasteiger partial charge in [-0.1, -0.05) is 39.0 Å². The van der Waals surface area contributed by atoms with Crippen LogP contribution in [0, 0.1) is 17.8 Å². The van der Waals surface area contributed by atoms with E-state index in [0.717, 1.165) is 44.3 Å². The molecule has 1 amide bonds. The van der Waals surface area contributed by atoms with Gasteiger partial charge in [-0.25, -0.2) is 0 Å². The number of hydrogen-bond acceptors (Lipinski definition) is 2. The van der Waals surface area contributed by atoms with Crippen LogP contribution in [-0.2, 0) is 4.79 Å². The monoisotopic (exact) mass is 278 g/mol. The van der Waals surface area contributed by atoms with Gasteiger partial charge in [0, 0.05) is 25.0 Å². The molecule has 1 N–H and O–H groups in total. The van der Waals surface area contributed by atoms with E-state index in [1.54, 1.807) is 0 Å². The van der Waals surface area contributed by atoms with Crippen LogP contribution in [-0.4, -0.2) is 36.5 Å². The molecule has 0 spiro atoms. The lowest BCUT2D eigenvalue weighted by atomic mass is 9.85. The van der Waals surface area contributed by atoms with Crippen molar-refractivity contribution in [3.63, 3.8) is 0 Å². The van der Waals surface area contributed by atoms with Crippen LogP contribution in [0.4, 0.5) is 0 Å². The molecule has 2 saturated carbocycles. The summed E-state index contributed by atoms with van der Waals surface area (Å²) in [5.74, 6) is 2.46. The van der Waals surface area contributed by atoms with Crippen molar-refractivity contribution in [1.82, 2.24) is 10.2 Å². The molecule has 1 heterocycles. The Morgan fingerprint density at radius 1 is 1.20 bits per heavy atom. The average Bonchev–Trinajstić information content (AvgIpc) is 3.11. The maximum atomic E-state index is 12.8. The summed E-state index contributed by atoms with van der Waals surface area (Å²) in [6.07, 6.45) is 10.4. The van der Waals surface area contributed by atoms with Gasteiger partial charge in [0.2, 0.25) is 5.91 Å². The Balaban J connectivity index is 1.56. The smallest absolute Gasteiger partial charge is 0.226 e. The molecule has 0 aromatic heterocycles. The van der Waals surface area contributed by atoms with Crippen LogP contribution < -0.4 is 5.32 Å². The summed E-state index contributed by atoms with van der Waals surface area (Å²) in [5, 5.41) is 3.41. The van der Waals surface area contributed by atoms with E-state index in [1.165, 1.54) is 38.5 Å². The molecule has 3 atom stereocenters. The highest BCUT2D eigenvalue weighted by atomic mass is 16.2. The first kappa shape index (κ1) is 14.4. The Morgan fingerprint density at radius 2 is 2.00 bits per heavy atom. The number of carbonyl (C=O) groups is 1. The number of nitrogens with one attached hydrogen (secondary N) is 1. The van der Waals surface area contributed by atoms with Gasteiger partial charge >= 0.3 is 0 Å². The van der Waals surface area contributed by atoms with Gasteiger partial charge < -0.3 is 10.2 Å². The van der Waals surface area contributed by atoms with Crippen LogP contribution in [0.25, 0.3) is 0 Å². The summed E-state index contributed by atoms with van der Waals surface area (Å²) in [6, 6.07) is 0.468. The third-order valence-corrected chi connectivity index (χ3v) is 5.63. The quantitative estimate of drug-likeness (QED) is 0.838. The van der Waals surface area contributed by atoms with Crippen LogP contribution in [0.2, 0.25) is 0 Å². The maximum Gasteiger partial charge on any atom is 0.226 e. The standard InChI is InChI=1S/C17H30N2O/c1-2-10-19(14-8-9-18-12-14)17(20)16-11-15(16)13-6-4-3-5-7-13/h13-16,18H,2-12H2,1H3. The van der Waals surface area contributed by atoms with E-state index in [9.17, 15) is 4.79 Å². The van der Waals surface area contributed by atoms with Crippen LogP contribution in [0.3, 0.4) is 0 Å². The highest BCUT2D eigenvalue weighted by molar-refractivity contribution is 5.82. The Kier molecular flexibility index (Phi) is 4.65. The van der Waals surface area contributed by atoms with Gasteiger partial charge in [-0.2, -0.15) is 0 Å². The lowest BCUT2D eigenvalue weighted by Crippen LogP contribution is -2.43. The van der Waals surface area contributed by atoms with E-state index in [2.05, 4.69) is 17.1 Å². The van der Waals surface area contributed by atoms with Gasteiger partial charge in [-0.3, -0.25) is 4.79 Å². The Labute approximate surface area is 123 Å². The van der Waals surface area contributed by atoms with Crippen LogP contribution in [0.1, 0.15) is 58.3 Å². The molecule has 3 heteroatoms. The summed E-state index contributed by atoms with van der Waals surface area (Å²) >= 11 is 0. The van der Waals surface area contributed by atoms with Crippen molar-refractivity contribution in [2.75, 3.05) is 19.6 Å². The summed E-state index contributed by atoms with van der Waals surface area (Å²) in [5.41, 5.74) is 0. The topological polar surface area (TPSA) is 32.3 Å². The highest BCUT2D eigenvalue weighted by Gasteiger charge is 2.49. The number of rotatable bonds is 5. The maximum absolute atomic E-state index is 12.8. The summed E-state index contributed by atoms with van der Waals surface area (Å²) in [4.78, 5) is 15.0. The number of carbonyl (C=O) groups excluding carboxylic acids is 1. The van der Waals surface area contributed by atoms with Crippen molar-refractivity contribution in [3.05, 3.63) is 0 Å². The fourth-order valence-electron chi connectivity index (χ4n) is 4.41. The highest BCUT2D eigenvalue weighted by Crippen LogP contribution is 2.50. The fourth-order valence-corrected chi connectivity index (χ4v) is 4.41. The van der Waals surface area contributed by atoms with Gasteiger partial charge in [0.1, 0.15) is 0 Å². The Bertz CT molecular complexity index is 332. The zero-order valence-electron chi connectivity index (χ0n) is 12.9. The van der Waals surface area contributed by atoms with Crippen LogP contribution >= 0.6 is 0 Å². The zero-order valence-corrected chi connectivity index (χ0v) is 12.9. The largest absolute Gasteiger partial charge is 0.338 e. The minimum absolute atomic E-state index is 0.380. The van der Waals surface area contributed by atoms with Crippen molar-refractivity contribution in [3.8, 4) is 0 Å². The van der Waals surface area contributed by atoms with Crippen molar-refractivity contribution < 1.29 is 4.79 Å². The SMILES string of the molecule is CCCN(C(=O)C1CC1C1CCCCC1)C1CCNC1. The third kappa shape index (κ3) is 3.03. The molecule has 114 valence electrons. The molecule has 20 heavy (non-hydrogen) atoms. The molecular weight excluding hydrogens is 248 g/mol. The summed E-state index contributed by atoms with van der Waals surface area (Å²) < 4.78 is 0. The zero-order chi connectivity index (χ0) is 13.9. The predicted octanol–water partition coefficient (Wildman–Crippen LogP) is 2.80. The molecule has 0 radical (unpaired) electrons. The summed E-state index contributed by atoms with van der Waals surface area (Å²) in [6.45, 7) is 5.23. The molecule has 3 rings (SSSR count). The van der Waals surface area contributed by atoms with E-state index in [-0.39, 0.29) is 0 Å². The molecule has 1 saturated heterocycles. The molecule has 3 aliphatic rings. The fraction of sp³-hybridized carbons (Fsp3) is 0.941. The second-order valence-corrected chi connectivity index (χ2v) is 7.08. The van der Waals surface area contributed by atoms with Gasteiger partial charge in [0.25, 0.3) is 0 Å². The van der Waals surface area contributed by atoms with Crippen LogP contribution in [0.15, 0.2) is 0 Å². The minimum Gasteiger partial charge on any atom is -0.338 e. The molecule has 0 aromatic rings. The lowest BCUT2D eigenvalue weighted by molar-refractivity contribution is -0.135.